The minimum Gasteiger partial charge on any atom is -0.478 e. The van der Waals surface area contributed by atoms with E-state index in [4.69, 9.17) is 10.8 Å². The van der Waals surface area contributed by atoms with Crippen LogP contribution in [-0.4, -0.2) is 11.1 Å². The molecule has 0 bridgehead atoms. The molecule has 1 heterocycles. The number of carboxylic acid groups (broad SMARTS) is 1. The number of fused-ring (bicyclic) bond motifs is 1. The van der Waals surface area contributed by atoms with E-state index in [9.17, 15) is 9.18 Å². The van der Waals surface area contributed by atoms with Gasteiger partial charge < -0.3 is 10.8 Å². The molecule has 1 aromatic heterocycles. The number of hydrogen-bond donors (Lipinski definition) is 2. The van der Waals surface area contributed by atoms with E-state index < -0.39 is 11.8 Å². The van der Waals surface area contributed by atoms with Gasteiger partial charge in [-0.25, -0.2) is 9.18 Å². The van der Waals surface area contributed by atoms with Crippen LogP contribution in [0.4, 0.5) is 10.1 Å². The second-order valence-electron chi connectivity index (χ2n) is 2.79. The van der Waals surface area contributed by atoms with Crippen molar-refractivity contribution in [2.45, 2.75) is 0 Å². The van der Waals surface area contributed by atoms with Crippen molar-refractivity contribution < 1.29 is 14.3 Å². The first-order valence-corrected chi connectivity index (χ1v) is 4.67. The molecule has 0 spiro atoms. The molecule has 3 N–H and O–H groups in total. The average molecular weight is 211 g/mol. The minimum atomic E-state index is -1.09. The number of rotatable bonds is 1. The van der Waals surface area contributed by atoms with E-state index in [1.807, 2.05) is 0 Å². The normalized spacial score (nSPS) is 10.6. The second kappa shape index (κ2) is 2.95. The summed E-state index contributed by atoms with van der Waals surface area (Å²) in [7, 11) is 0. The van der Waals surface area contributed by atoms with Crippen molar-refractivity contribution >= 4 is 33.1 Å². The Hall–Kier alpha value is -1.62. The van der Waals surface area contributed by atoms with Gasteiger partial charge in [0.05, 0.1) is 11.3 Å². The quantitative estimate of drug-likeness (QED) is 0.711. The lowest BCUT2D eigenvalue weighted by atomic mass is 10.1. The van der Waals surface area contributed by atoms with Crippen LogP contribution in [0.1, 0.15) is 10.4 Å². The number of carbonyl (C=O) groups is 1. The number of hydrogen-bond acceptors (Lipinski definition) is 3. The third-order valence-electron chi connectivity index (χ3n) is 1.96. The third kappa shape index (κ3) is 1.13. The van der Waals surface area contributed by atoms with Crippen molar-refractivity contribution in [3.8, 4) is 0 Å². The molecule has 0 aliphatic carbocycles. The molecule has 1 aromatic carbocycles. The molecule has 5 heteroatoms. The molecule has 0 aliphatic heterocycles. The standard InChI is InChI=1S/C9H6FNO2S/c10-5-1-2-6-7(8(5)11)4(3-14-6)9(12)13/h1-3H,11H2,(H,12,13). The topological polar surface area (TPSA) is 63.3 Å². The van der Waals surface area contributed by atoms with Gasteiger partial charge in [-0.2, -0.15) is 0 Å². The van der Waals surface area contributed by atoms with Crippen LogP contribution in [0.5, 0.6) is 0 Å². The molecule has 0 radical (unpaired) electrons. The molecule has 0 fully saturated rings. The van der Waals surface area contributed by atoms with Crippen LogP contribution in [0.25, 0.3) is 10.1 Å². The smallest absolute Gasteiger partial charge is 0.337 e. The van der Waals surface area contributed by atoms with Crippen molar-refractivity contribution in [1.29, 1.82) is 0 Å². The zero-order valence-corrected chi connectivity index (χ0v) is 7.77. The number of carboxylic acids is 1. The molecule has 0 amide bonds. The zero-order valence-electron chi connectivity index (χ0n) is 6.95. The average Bonchev–Trinajstić information content (AvgIpc) is 2.55. The van der Waals surface area contributed by atoms with Crippen LogP contribution in [0.15, 0.2) is 17.5 Å². The molecule has 0 aliphatic rings. The first-order chi connectivity index (χ1) is 6.61. The Balaban J connectivity index is 2.89. The maximum absolute atomic E-state index is 13.1. The number of benzene rings is 1. The lowest BCUT2D eigenvalue weighted by Gasteiger charge is -1.99. The number of nitrogens with two attached hydrogens (primary N) is 1. The van der Waals surface area contributed by atoms with E-state index >= 15 is 0 Å². The fraction of sp³-hybridized carbons (Fsp3) is 0. The number of halogens is 1. The Bertz CT molecular complexity index is 521. The van der Waals surface area contributed by atoms with Gasteiger partial charge in [-0.05, 0) is 12.1 Å². The zero-order chi connectivity index (χ0) is 10.3. The highest BCUT2D eigenvalue weighted by Gasteiger charge is 2.15. The lowest BCUT2D eigenvalue weighted by molar-refractivity contribution is 0.0699. The largest absolute Gasteiger partial charge is 0.478 e. The summed E-state index contributed by atoms with van der Waals surface area (Å²) in [6.07, 6.45) is 0. The van der Waals surface area contributed by atoms with Gasteiger partial charge in [-0.3, -0.25) is 0 Å². The van der Waals surface area contributed by atoms with Crippen molar-refractivity contribution in [3.05, 3.63) is 28.9 Å². The monoisotopic (exact) mass is 211 g/mol. The Morgan fingerprint density at radius 3 is 2.86 bits per heavy atom. The molecular weight excluding hydrogens is 205 g/mol. The molecule has 0 atom stereocenters. The third-order valence-corrected chi connectivity index (χ3v) is 2.91. The summed E-state index contributed by atoms with van der Waals surface area (Å²) in [4.78, 5) is 10.8. The SMILES string of the molecule is Nc1c(F)ccc2scc(C(=O)O)c12. The summed E-state index contributed by atoms with van der Waals surface area (Å²) in [5.74, 6) is -1.67. The summed E-state index contributed by atoms with van der Waals surface area (Å²) < 4.78 is 13.7. The lowest BCUT2D eigenvalue weighted by Crippen LogP contribution is -1.98. The summed E-state index contributed by atoms with van der Waals surface area (Å²) >= 11 is 1.24. The highest BCUT2D eigenvalue weighted by atomic mass is 32.1. The molecule has 2 aromatic rings. The molecule has 72 valence electrons. The summed E-state index contributed by atoms with van der Waals surface area (Å²) in [5.41, 5.74) is 5.43. The van der Waals surface area contributed by atoms with Gasteiger partial charge in [-0.1, -0.05) is 0 Å². The van der Waals surface area contributed by atoms with Crippen molar-refractivity contribution in [1.82, 2.24) is 0 Å². The first kappa shape index (κ1) is 8.96. The van der Waals surface area contributed by atoms with Crippen LogP contribution in [-0.2, 0) is 0 Å². The summed E-state index contributed by atoms with van der Waals surface area (Å²) in [6, 6.07) is 2.76. The fourth-order valence-electron chi connectivity index (χ4n) is 1.29. The fourth-order valence-corrected chi connectivity index (χ4v) is 2.24. The Morgan fingerprint density at radius 1 is 1.50 bits per heavy atom. The number of thiophene rings is 1. The van der Waals surface area contributed by atoms with Crippen LogP contribution >= 0.6 is 11.3 Å². The molecule has 0 saturated carbocycles. The van der Waals surface area contributed by atoms with E-state index in [-0.39, 0.29) is 11.3 Å². The van der Waals surface area contributed by atoms with E-state index in [0.717, 1.165) is 0 Å². The number of aromatic carboxylic acids is 1. The molecule has 14 heavy (non-hydrogen) atoms. The maximum Gasteiger partial charge on any atom is 0.337 e. The Morgan fingerprint density at radius 2 is 2.21 bits per heavy atom. The Kier molecular flexibility index (Phi) is 1.89. The van der Waals surface area contributed by atoms with Gasteiger partial charge in [0.25, 0.3) is 0 Å². The molecule has 0 unspecified atom stereocenters. The molecular formula is C9H6FNO2S. The van der Waals surface area contributed by atoms with Gasteiger partial charge in [0, 0.05) is 15.5 Å². The van der Waals surface area contributed by atoms with Gasteiger partial charge in [0.2, 0.25) is 0 Å². The van der Waals surface area contributed by atoms with Gasteiger partial charge in [0.1, 0.15) is 5.82 Å². The highest BCUT2D eigenvalue weighted by Crippen LogP contribution is 2.32. The van der Waals surface area contributed by atoms with Crippen LogP contribution in [0.3, 0.4) is 0 Å². The second-order valence-corrected chi connectivity index (χ2v) is 3.70. The van der Waals surface area contributed by atoms with Crippen molar-refractivity contribution in [2.75, 3.05) is 5.73 Å². The van der Waals surface area contributed by atoms with E-state index in [2.05, 4.69) is 0 Å². The maximum atomic E-state index is 13.1. The highest BCUT2D eigenvalue weighted by molar-refractivity contribution is 7.17. The van der Waals surface area contributed by atoms with E-state index in [1.165, 1.54) is 28.8 Å². The predicted octanol–water partition coefficient (Wildman–Crippen LogP) is 2.32. The summed E-state index contributed by atoms with van der Waals surface area (Å²) in [5, 5.41) is 10.6. The summed E-state index contributed by atoms with van der Waals surface area (Å²) in [6.45, 7) is 0. The Labute approximate surface area is 82.6 Å². The molecule has 3 nitrogen and oxygen atoms in total. The van der Waals surface area contributed by atoms with E-state index in [1.54, 1.807) is 0 Å². The van der Waals surface area contributed by atoms with E-state index in [0.29, 0.717) is 10.1 Å². The number of nitrogen functional groups attached to an aromatic ring is 1. The van der Waals surface area contributed by atoms with Crippen LogP contribution in [0, 0.1) is 5.82 Å². The first-order valence-electron chi connectivity index (χ1n) is 3.79. The van der Waals surface area contributed by atoms with Crippen molar-refractivity contribution in [2.24, 2.45) is 0 Å². The molecule has 2 rings (SSSR count). The van der Waals surface area contributed by atoms with Crippen LogP contribution < -0.4 is 5.73 Å². The predicted molar refractivity (Wildman–Crippen MR) is 53.2 cm³/mol. The van der Waals surface area contributed by atoms with Crippen molar-refractivity contribution in [3.63, 3.8) is 0 Å². The van der Waals surface area contributed by atoms with Gasteiger partial charge >= 0.3 is 5.97 Å². The van der Waals surface area contributed by atoms with Gasteiger partial charge in [0.15, 0.2) is 0 Å². The minimum absolute atomic E-state index is 0.0574. The number of anilines is 1. The van der Waals surface area contributed by atoms with Crippen LogP contribution in [0.2, 0.25) is 0 Å². The molecule has 0 saturated heterocycles. The van der Waals surface area contributed by atoms with Gasteiger partial charge in [-0.15, -0.1) is 11.3 Å².